The van der Waals surface area contributed by atoms with Gasteiger partial charge in [0.2, 0.25) is 0 Å². The average Bonchev–Trinajstić information content (AvgIpc) is 2.65. The lowest BCUT2D eigenvalue weighted by molar-refractivity contribution is -0.163. The highest BCUT2D eigenvalue weighted by Gasteiger charge is 2.58. The van der Waals surface area contributed by atoms with Gasteiger partial charge in [-0.25, -0.2) is 14.4 Å². The van der Waals surface area contributed by atoms with Crippen LogP contribution in [0.3, 0.4) is 0 Å². The molecule has 0 radical (unpaired) electrons. The van der Waals surface area contributed by atoms with Gasteiger partial charge in [-0.1, -0.05) is 30.3 Å². The number of ether oxygens (including phenoxy) is 2. The number of hydrogen-bond acceptors (Lipinski definition) is 5. The summed E-state index contributed by atoms with van der Waals surface area (Å²) in [6, 6.07) is 8.90. The van der Waals surface area contributed by atoms with Gasteiger partial charge in [0.1, 0.15) is 12.2 Å². The van der Waals surface area contributed by atoms with Crippen molar-refractivity contribution >= 4 is 18.2 Å². The Hall–Kier alpha value is -2.77. The molecule has 152 valence electrons. The predicted molar refractivity (Wildman–Crippen MR) is 99.7 cm³/mol. The Balaban J connectivity index is 1.74. The first-order valence-electron chi connectivity index (χ1n) is 9.34. The number of fused-ring (bicyclic) bond motifs is 3. The predicted octanol–water partition coefficient (Wildman–Crippen LogP) is 2.86. The van der Waals surface area contributed by atoms with E-state index in [1.807, 2.05) is 30.3 Å². The molecular weight excluding hydrogens is 364 g/mol. The zero-order valence-electron chi connectivity index (χ0n) is 16.4. The van der Waals surface area contributed by atoms with Gasteiger partial charge in [0.15, 0.2) is 5.54 Å². The minimum absolute atomic E-state index is 0.0618. The fraction of sp³-hybridized carbons (Fsp3) is 0.550. The van der Waals surface area contributed by atoms with Gasteiger partial charge < -0.3 is 19.5 Å². The van der Waals surface area contributed by atoms with Crippen LogP contribution in [0.1, 0.15) is 39.2 Å². The maximum Gasteiger partial charge on any atom is 0.411 e. The number of benzene rings is 1. The molecule has 3 aliphatic heterocycles. The zero-order valence-corrected chi connectivity index (χ0v) is 16.4. The Morgan fingerprint density at radius 1 is 1.18 bits per heavy atom. The van der Waals surface area contributed by atoms with Crippen molar-refractivity contribution in [2.24, 2.45) is 0 Å². The van der Waals surface area contributed by atoms with Crippen LogP contribution in [0.25, 0.3) is 0 Å². The van der Waals surface area contributed by atoms with Crippen molar-refractivity contribution in [3.8, 4) is 0 Å². The standard InChI is InChI=1S/C20H26N2O6/c1-19(2,3)28-17(25)21-13-20(16(23)24)10-9-15(21)11-22(20)18(26)27-12-14-7-5-4-6-8-14/h4-8,15H,9-13H2,1-3H3,(H,23,24). The lowest BCUT2D eigenvalue weighted by atomic mass is 9.79. The molecule has 2 amide bonds. The summed E-state index contributed by atoms with van der Waals surface area (Å²) in [5.41, 5.74) is -1.37. The number of piperazine rings is 1. The van der Waals surface area contributed by atoms with Gasteiger partial charge in [-0.15, -0.1) is 0 Å². The SMILES string of the molecule is CC(C)(C)OC(=O)N1CC2(C(=O)O)CCC1CN2C(=O)OCc1ccccc1. The Morgan fingerprint density at radius 2 is 1.86 bits per heavy atom. The third-order valence-electron chi connectivity index (χ3n) is 5.13. The molecule has 3 saturated heterocycles. The molecule has 2 unspecified atom stereocenters. The highest BCUT2D eigenvalue weighted by Crippen LogP contribution is 2.39. The van der Waals surface area contributed by atoms with E-state index in [1.165, 1.54) is 9.80 Å². The number of carboxylic acids is 1. The summed E-state index contributed by atoms with van der Waals surface area (Å²) in [6.45, 7) is 5.34. The van der Waals surface area contributed by atoms with Crippen molar-refractivity contribution in [1.82, 2.24) is 9.80 Å². The van der Waals surface area contributed by atoms with Crippen LogP contribution in [0.15, 0.2) is 30.3 Å². The average molecular weight is 390 g/mol. The number of amides is 2. The van der Waals surface area contributed by atoms with E-state index in [0.29, 0.717) is 6.42 Å². The molecule has 1 aromatic rings. The maximum atomic E-state index is 12.7. The number of nitrogens with zero attached hydrogens (tertiary/aromatic N) is 2. The molecule has 1 N–H and O–H groups in total. The first-order valence-corrected chi connectivity index (χ1v) is 9.34. The lowest BCUT2D eigenvalue weighted by Crippen LogP contribution is -2.75. The number of carbonyl (C=O) groups excluding carboxylic acids is 2. The third kappa shape index (κ3) is 3.90. The fourth-order valence-electron chi connectivity index (χ4n) is 3.72. The molecule has 8 heteroatoms. The van der Waals surface area contributed by atoms with Crippen molar-refractivity contribution < 1.29 is 29.0 Å². The smallest absolute Gasteiger partial charge is 0.411 e. The van der Waals surface area contributed by atoms with E-state index in [2.05, 4.69) is 0 Å². The molecular formula is C20H26N2O6. The minimum Gasteiger partial charge on any atom is -0.479 e. The van der Waals surface area contributed by atoms with Crippen LogP contribution in [0, 0.1) is 0 Å². The molecule has 3 fully saturated rings. The Morgan fingerprint density at radius 3 is 2.46 bits per heavy atom. The topological polar surface area (TPSA) is 96.4 Å². The number of carbonyl (C=O) groups is 3. The van der Waals surface area contributed by atoms with Gasteiger partial charge >= 0.3 is 18.2 Å². The van der Waals surface area contributed by atoms with E-state index < -0.39 is 29.3 Å². The Bertz CT molecular complexity index is 760. The molecule has 3 aliphatic rings. The summed E-state index contributed by atoms with van der Waals surface area (Å²) in [5.74, 6) is -1.14. The number of hydrogen-bond donors (Lipinski definition) is 1. The number of piperidine rings is 2. The van der Waals surface area contributed by atoms with E-state index in [0.717, 1.165) is 5.56 Å². The van der Waals surface area contributed by atoms with Crippen LogP contribution in [-0.4, -0.2) is 63.3 Å². The van der Waals surface area contributed by atoms with Crippen LogP contribution in [0.2, 0.25) is 0 Å². The second-order valence-electron chi connectivity index (χ2n) is 8.29. The normalized spacial score (nSPS) is 24.0. The van der Waals surface area contributed by atoms with Crippen molar-refractivity contribution in [2.45, 2.75) is 57.4 Å². The molecule has 0 aliphatic carbocycles. The van der Waals surface area contributed by atoms with Gasteiger partial charge in [-0.2, -0.15) is 0 Å². The summed E-state index contributed by atoms with van der Waals surface area (Å²) >= 11 is 0. The van der Waals surface area contributed by atoms with E-state index in [4.69, 9.17) is 9.47 Å². The molecule has 0 aromatic heterocycles. The van der Waals surface area contributed by atoms with Crippen molar-refractivity contribution in [3.63, 3.8) is 0 Å². The van der Waals surface area contributed by atoms with Crippen LogP contribution in [-0.2, 0) is 20.9 Å². The van der Waals surface area contributed by atoms with E-state index in [9.17, 15) is 19.5 Å². The van der Waals surface area contributed by atoms with Gasteiger partial charge in [0.05, 0.1) is 12.6 Å². The van der Waals surface area contributed by atoms with Crippen LogP contribution >= 0.6 is 0 Å². The summed E-state index contributed by atoms with van der Waals surface area (Å²) in [5, 5.41) is 9.92. The molecule has 0 spiro atoms. The number of aliphatic carboxylic acids is 1. The van der Waals surface area contributed by atoms with E-state index >= 15 is 0 Å². The lowest BCUT2D eigenvalue weighted by Gasteiger charge is -2.55. The number of carboxylic acid groups (broad SMARTS) is 1. The summed E-state index contributed by atoms with van der Waals surface area (Å²) in [7, 11) is 0. The first kappa shape index (κ1) is 20.0. The van der Waals surface area contributed by atoms with Crippen LogP contribution in [0.5, 0.6) is 0 Å². The number of rotatable bonds is 3. The molecule has 4 rings (SSSR count). The largest absolute Gasteiger partial charge is 0.479 e. The zero-order chi connectivity index (χ0) is 20.5. The molecule has 2 atom stereocenters. The van der Waals surface area contributed by atoms with Crippen LogP contribution < -0.4 is 0 Å². The summed E-state index contributed by atoms with van der Waals surface area (Å²) in [6.07, 6.45) is -0.472. The Labute approximate surface area is 164 Å². The molecule has 0 saturated carbocycles. The minimum atomic E-state index is -1.50. The molecule has 8 nitrogen and oxygen atoms in total. The van der Waals surface area contributed by atoms with Gasteiger partial charge in [0, 0.05) is 6.54 Å². The van der Waals surface area contributed by atoms with E-state index in [1.54, 1.807) is 20.8 Å². The van der Waals surface area contributed by atoms with E-state index in [-0.39, 0.29) is 32.2 Å². The second-order valence-corrected chi connectivity index (χ2v) is 8.29. The molecule has 28 heavy (non-hydrogen) atoms. The van der Waals surface area contributed by atoms with Crippen LogP contribution in [0.4, 0.5) is 9.59 Å². The highest BCUT2D eigenvalue weighted by molar-refractivity contribution is 5.87. The van der Waals surface area contributed by atoms with Crippen molar-refractivity contribution in [2.75, 3.05) is 13.1 Å². The third-order valence-corrected chi connectivity index (χ3v) is 5.13. The van der Waals surface area contributed by atoms with Crippen molar-refractivity contribution in [1.29, 1.82) is 0 Å². The summed E-state index contributed by atoms with van der Waals surface area (Å²) < 4.78 is 10.8. The Kier molecular flexibility index (Phi) is 5.23. The quantitative estimate of drug-likeness (QED) is 0.852. The second kappa shape index (κ2) is 7.33. The fourth-order valence-corrected chi connectivity index (χ4v) is 3.72. The van der Waals surface area contributed by atoms with Crippen molar-refractivity contribution in [3.05, 3.63) is 35.9 Å². The first-order chi connectivity index (χ1) is 13.1. The summed E-state index contributed by atoms with van der Waals surface area (Å²) in [4.78, 5) is 40.1. The van der Waals surface area contributed by atoms with Gasteiger partial charge in [-0.05, 0) is 39.2 Å². The highest BCUT2D eigenvalue weighted by atomic mass is 16.6. The maximum absolute atomic E-state index is 12.7. The molecule has 3 heterocycles. The monoisotopic (exact) mass is 390 g/mol. The molecule has 1 aromatic carbocycles. The molecule has 2 bridgehead atoms. The van der Waals surface area contributed by atoms with Gasteiger partial charge in [-0.3, -0.25) is 4.90 Å². The van der Waals surface area contributed by atoms with Gasteiger partial charge in [0.25, 0.3) is 0 Å².